The quantitative estimate of drug-likeness (QED) is 0.674. The first-order valence-electron chi connectivity index (χ1n) is 6.65. The summed E-state index contributed by atoms with van der Waals surface area (Å²) in [4.78, 5) is 0. The van der Waals surface area contributed by atoms with Gasteiger partial charge in [0.1, 0.15) is 0 Å². The lowest BCUT2D eigenvalue weighted by atomic mass is 9.83. The number of nitrogens with one attached hydrogen (secondary N) is 1. The average molecular weight is 245 g/mol. The van der Waals surface area contributed by atoms with Crippen LogP contribution in [-0.4, -0.2) is 49.7 Å². The van der Waals surface area contributed by atoms with Crippen molar-refractivity contribution in [1.29, 1.82) is 0 Å². The largest absolute Gasteiger partial charge is 0.396 e. The van der Waals surface area contributed by atoms with Gasteiger partial charge in [0.2, 0.25) is 0 Å². The average Bonchev–Trinajstić information content (AvgIpc) is 2.26. The third kappa shape index (κ3) is 3.91. The lowest BCUT2D eigenvalue weighted by Crippen LogP contribution is -2.62. The molecule has 0 bridgehead atoms. The molecule has 0 aromatic heterocycles. The molecule has 1 fully saturated rings. The van der Waals surface area contributed by atoms with Crippen molar-refractivity contribution in [2.45, 2.75) is 57.9 Å². The molecule has 0 spiro atoms. The SMILES string of the molecule is CCOC1CC(NC(CCO)C(C)C)C1OC. The van der Waals surface area contributed by atoms with Gasteiger partial charge in [-0.2, -0.15) is 0 Å². The maximum Gasteiger partial charge on any atom is 0.0986 e. The van der Waals surface area contributed by atoms with Crippen molar-refractivity contribution in [2.75, 3.05) is 20.3 Å². The summed E-state index contributed by atoms with van der Waals surface area (Å²) in [5.41, 5.74) is 0. The molecule has 1 aliphatic rings. The molecule has 4 nitrogen and oxygen atoms in total. The maximum atomic E-state index is 9.05. The number of aliphatic hydroxyl groups excluding tert-OH is 1. The van der Waals surface area contributed by atoms with E-state index >= 15 is 0 Å². The van der Waals surface area contributed by atoms with Crippen molar-refractivity contribution in [3.05, 3.63) is 0 Å². The van der Waals surface area contributed by atoms with Gasteiger partial charge in [-0.1, -0.05) is 13.8 Å². The molecule has 0 saturated heterocycles. The number of hydrogen-bond acceptors (Lipinski definition) is 4. The standard InChI is InChI=1S/C13H27NO3/c1-5-17-12-8-11(13(12)16-4)14-10(6-7-15)9(2)3/h9-15H,5-8H2,1-4H3. The highest BCUT2D eigenvalue weighted by Gasteiger charge is 2.42. The fourth-order valence-electron chi connectivity index (χ4n) is 2.46. The number of methoxy groups -OCH3 is 1. The Morgan fingerprint density at radius 2 is 2.12 bits per heavy atom. The molecule has 4 heteroatoms. The van der Waals surface area contributed by atoms with E-state index in [-0.39, 0.29) is 18.8 Å². The number of ether oxygens (including phenoxy) is 2. The van der Waals surface area contributed by atoms with E-state index in [1.54, 1.807) is 7.11 Å². The minimum Gasteiger partial charge on any atom is -0.396 e. The minimum atomic E-state index is 0.148. The summed E-state index contributed by atoms with van der Waals surface area (Å²) < 4.78 is 11.1. The highest BCUT2D eigenvalue weighted by Crippen LogP contribution is 2.28. The van der Waals surface area contributed by atoms with E-state index in [0.717, 1.165) is 19.4 Å². The third-order valence-corrected chi connectivity index (χ3v) is 3.58. The topological polar surface area (TPSA) is 50.7 Å². The zero-order valence-corrected chi connectivity index (χ0v) is 11.5. The molecule has 4 unspecified atom stereocenters. The minimum absolute atomic E-state index is 0.148. The van der Waals surface area contributed by atoms with E-state index < -0.39 is 0 Å². The van der Waals surface area contributed by atoms with Crippen molar-refractivity contribution in [3.8, 4) is 0 Å². The monoisotopic (exact) mass is 245 g/mol. The Labute approximate surface area is 105 Å². The first kappa shape index (κ1) is 14.9. The Morgan fingerprint density at radius 1 is 1.41 bits per heavy atom. The molecule has 0 aromatic rings. The predicted octanol–water partition coefficient (Wildman–Crippen LogP) is 1.18. The molecule has 1 aliphatic carbocycles. The van der Waals surface area contributed by atoms with Crippen molar-refractivity contribution in [1.82, 2.24) is 5.32 Å². The zero-order valence-electron chi connectivity index (χ0n) is 11.5. The van der Waals surface area contributed by atoms with Crippen molar-refractivity contribution < 1.29 is 14.6 Å². The summed E-state index contributed by atoms with van der Waals surface area (Å²) in [7, 11) is 1.74. The molecular formula is C13H27NO3. The smallest absolute Gasteiger partial charge is 0.0986 e. The van der Waals surface area contributed by atoms with Crippen molar-refractivity contribution >= 4 is 0 Å². The zero-order chi connectivity index (χ0) is 12.8. The Bertz CT molecular complexity index is 211. The van der Waals surface area contributed by atoms with Gasteiger partial charge in [-0.3, -0.25) is 0 Å². The van der Waals surface area contributed by atoms with E-state index in [4.69, 9.17) is 14.6 Å². The van der Waals surface area contributed by atoms with Gasteiger partial charge in [0.15, 0.2) is 0 Å². The van der Waals surface area contributed by atoms with Crippen LogP contribution in [0.3, 0.4) is 0 Å². The van der Waals surface area contributed by atoms with Crippen LogP contribution >= 0.6 is 0 Å². The third-order valence-electron chi connectivity index (χ3n) is 3.58. The lowest BCUT2D eigenvalue weighted by molar-refractivity contribution is -0.134. The van der Waals surface area contributed by atoms with Gasteiger partial charge in [0, 0.05) is 32.4 Å². The van der Waals surface area contributed by atoms with E-state index in [1.165, 1.54) is 0 Å². The van der Waals surface area contributed by atoms with Crippen LogP contribution in [0.2, 0.25) is 0 Å². The summed E-state index contributed by atoms with van der Waals surface area (Å²) in [6, 6.07) is 0.709. The Hall–Kier alpha value is -0.160. The molecule has 0 radical (unpaired) electrons. The second-order valence-corrected chi connectivity index (χ2v) is 5.07. The van der Waals surface area contributed by atoms with Crippen LogP contribution < -0.4 is 5.32 Å². The summed E-state index contributed by atoms with van der Waals surface area (Å²) in [5.74, 6) is 0.519. The summed E-state index contributed by atoms with van der Waals surface area (Å²) in [6.45, 7) is 7.33. The van der Waals surface area contributed by atoms with Crippen LogP contribution in [0.1, 0.15) is 33.6 Å². The Morgan fingerprint density at radius 3 is 2.59 bits per heavy atom. The summed E-state index contributed by atoms with van der Waals surface area (Å²) >= 11 is 0. The van der Waals surface area contributed by atoms with Crippen LogP contribution in [0.15, 0.2) is 0 Å². The van der Waals surface area contributed by atoms with E-state index in [2.05, 4.69) is 19.2 Å². The van der Waals surface area contributed by atoms with Crippen LogP contribution in [-0.2, 0) is 9.47 Å². The van der Waals surface area contributed by atoms with Crippen molar-refractivity contribution in [3.63, 3.8) is 0 Å². The highest BCUT2D eigenvalue weighted by atomic mass is 16.5. The molecule has 102 valence electrons. The second-order valence-electron chi connectivity index (χ2n) is 5.07. The maximum absolute atomic E-state index is 9.05. The summed E-state index contributed by atoms with van der Waals surface area (Å²) in [5, 5.41) is 12.6. The first-order valence-corrected chi connectivity index (χ1v) is 6.65. The molecule has 0 heterocycles. The second kappa shape index (κ2) is 7.31. The molecule has 0 amide bonds. The molecule has 2 N–H and O–H groups in total. The predicted molar refractivity (Wildman–Crippen MR) is 68.1 cm³/mol. The molecule has 1 saturated carbocycles. The fourth-order valence-corrected chi connectivity index (χ4v) is 2.46. The molecule has 0 aromatic carbocycles. The van der Waals surface area contributed by atoms with Crippen LogP contribution in [0.5, 0.6) is 0 Å². The van der Waals surface area contributed by atoms with Gasteiger partial charge in [-0.25, -0.2) is 0 Å². The van der Waals surface area contributed by atoms with Gasteiger partial charge in [0.05, 0.1) is 12.2 Å². The Kier molecular flexibility index (Phi) is 6.41. The highest BCUT2D eigenvalue weighted by molar-refractivity contribution is 4.98. The van der Waals surface area contributed by atoms with Crippen molar-refractivity contribution in [2.24, 2.45) is 5.92 Å². The van der Waals surface area contributed by atoms with Gasteiger partial charge in [-0.05, 0) is 25.7 Å². The van der Waals surface area contributed by atoms with Gasteiger partial charge in [-0.15, -0.1) is 0 Å². The van der Waals surface area contributed by atoms with E-state index in [9.17, 15) is 0 Å². The van der Waals surface area contributed by atoms with E-state index in [1.807, 2.05) is 6.92 Å². The number of hydrogen-bond donors (Lipinski definition) is 2. The number of aliphatic hydroxyl groups is 1. The first-order chi connectivity index (χ1) is 8.13. The van der Waals surface area contributed by atoms with Crippen LogP contribution in [0, 0.1) is 5.92 Å². The van der Waals surface area contributed by atoms with Gasteiger partial charge in [0.25, 0.3) is 0 Å². The van der Waals surface area contributed by atoms with Gasteiger partial charge < -0.3 is 19.9 Å². The fraction of sp³-hybridized carbons (Fsp3) is 1.00. The van der Waals surface area contributed by atoms with Gasteiger partial charge >= 0.3 is 0 Å². The molecule has 1 rings (SSSR count). The summed E-state index contributed by atoms with van der Waals surface area (Å²) in [6.07, 6.45) is 2.17. The van der Waals surface area contributed by atoms with Crippen LogP contribution in [0.4, 0.5) is 0 Å². The van der Waals surface area contributed by atoms with E-state index in [0.29, 0.717) is 18.0 Å². The molecule has 0 aliphatic heterocycles. The molecule has 4 atom stereocenters. The normalized spacial score (nSPS) is 30.4. The lowest BCUT2D eigenvalue weighted by Gasteiger charge is -2.45. The molecular weight excluding hydrogens is 218 g/mol. The van der Waals surface area contributed by atoms with Crippen LogP contribution in [0.25, 0.3) is 0 Å². The molecule has 17 heavy (non-hydrogen) atoms. The number of rotatable bonds is 8. The Balaban J connectivity index is 2.40.